The summed E-state index contributed by atoms with van der Waals surface area (Å²) in [5.74, 6) is 0. The van der Waals surface area contributed by atoms with Crippen LogP contribution in [0.3, 0.4) is 0 Å². The van der Waals surface area contributed by atoms with Crippen LogP contribution in [0.25, 0.3) is 27.7 Å². The first-order valence-electron chi connectivity index (χ1n) is 6.72. The largest absolute Gasteiger partial charge is 0.236 e. The van der Waals surface area contributed by atoms with Crippen LogP contribution in [0.1, 0.15) is 5.56 Å². The lowest BCUT2D eigenvalue weighted by atomic mass is 10.1. The average Bonchev–Trinajstić information content (AvgIpc) is 2.86. The summed E-state index contributed by atoms with van der Waals surface area (Å²) in [6, 6.07) is 16.4. The molecule has 102 valence electrons. The molecule has 0 amide bonds. The van der Waals surface area contributed by atoms with Crippen molar-refractivity contribution in [3.05, 3.63) is 64.9 Å². The maximum atomic E-state index is 4.70. The number of benzene rings is 2. The topological polar surface area (TPSA) is 30.2 Å². The smallest absolute Gasteiger partial charge is 0.118 e. The van der Waals surface area contributed by atoms with E-state index in [0.29, 0.717) is 0 Å². The van der Waals surface area contributed by atoms with Crippen molar-refractivity contribution in [2.24, 2.45) is 0 Å². The fraction of sp³-hybridized carbons (Fsp3) is 0.0588. The first-order valence-corrected chi connectivity index (χ1v) is 7.52. The van der Waals surface area contributed by atoms with Gasteiger partial charge in [-0.25, -0.2) is 9.50 Å². The number of hydrogen-bond donors (Lipinski definition) is 0. The van der Waals surface area contributed by atoms with E-state index < -0.39 is 0 Å². The summed E-state index contributed by atoms with van der Waals surface area (Å²) in [5.41, 5.74) is 5.41. The Hall–Kier alpha value is -2.20. The highest BCUT2D eigenvalue weighted by molar-refractivity contribution is 9.10. The quantitative estimate of drug-likeness (QED) is 0.507. The predicted molar refractivity (Wildman–Crippen MR) is 88.4 cm³/mol. The Morgan fingerprint density at radius 3 is 2.57 bits per heavy atom. The molecule has 0 N–H and O–H groups in total. The number of halogens is 1. The molecule has 0 fully saturated rings. The van der Waals surface area contributed by atoms with Gasteiger partial charge in [0.1, 0.15) is 6.33 Å². The molecule has 4 heteroatoms. The van der Waals surface area contributed by atoms with Gasteiger partial charge in [0.25, 0.3) is 0 Å². The summed E-state index contributed by atoms with van der Waals surface area (Å²) >= 11 is 3.47. The summed E-state index contributed by atoms with van der Waals surface area (Å²) in [6.07, 6.45) is 1.78. The molecule has 0 radical (unpaired) electrons. The number of rotatable bonds is 1. The van der Waals surface area contributed by atoms with E-state index in [2.05, 4.69) is 46.0 Å². The Morgan fingerprint density at radius 1 is 1.00 bits per heavy atom. The maximum Gasteiger partial charge on any atom is 0.118 e. The van der Waals surface area contributed by atoms with Gasteiger partial charge in [0.2, 0.25) is 0 Å². The van der Waals surface area contributed by atoms with Gasteiger partial charge in [0, 0.05) is 21.0 Å². The molecule has 0 atom stereocenters. The SMILES string of the molecule is Cc1c(-c2ccc(Br)cc2)nn2cnc3ccccc3c12. The minimum absolute atomic E-state index is 0.996. The van der Waals surface area contributed by atoms with Gasteiger partial charge in [-0.3, -0.25) is 0 Å². The van der Waals surface area contributed by atoms with Crippen molar-refractivity contribution in [3.8, 4) is 11.3 Å². The maximum absolute atomic E-state index is 4.70. The van der Waals surface area contributed by atoms with Gasteiger partial charge < -0.3 is 0 Å². The Bertz CT molecular complexity index is 955. The zero-order valence-electron chi connectivity index (χ0n) is 11.4. The van der Waals surface area contributed by atoms with Crippen LogP contribution in [-0.4, -0.2) is 14.6 Å². The zero-order chi connectivity index (χ0) is 14.4. The van der Waals surface area contributed by atoms with Crippen molar-refractivity contribution >= 4 is 32.3 Å². The van der Waals surface area contributed by atoms with Crippen LogP contribution in [0.4, 0.5) is 0 Å². The fourth-order valence-electron chi connectivity index (χ4n) is 2.71. The minimum atomic E-state index is 0.996. The van der Waals surface area contributed by atoms with Gasteiger partial charge >= 0.3 is 0 Å². The molecule has 0 aliphatic carbocycles. The Balaban J connectivity index is 2.06. The fourth-order valence-corrected chi connectivity index (χ4v) is 2.98. The lowest BCUT2D eigenvalue weighted by Crippen LogP contribution is -1.90. The number of nitrogens with zero attached hydrogens (tertiary/aromatic N) is 3. The second-order valence-electron chi connectivity index (χ2n) is 5.04. The molecule has 4 rings (SSSR count). The highest BCUT2D eigenvalue weighted by atomic mass is 79.9. The van der Waals surface area contributed by atoms with E-state index in [1.165, 1.54) is 5.56 Å². The third-order valence-electron chi connectivity index (χ3n) is 3.73. The molecule has 0 saturated heterocycles. The van der Waals surface area contributed by atoms with Crippen molar-refractivity contribution in [1.82, 2.24) is 14.6 Å². The standard InChI is InChI=1S/C17H12BrN3/c1-11-16(12-6-8-13(18)9-7-12)20-21-10-19-15-5-3-2-4-14(15)17(11)21/h2-10H,1H3. The van der Waals surface area contributed by atoms with Crippen molar-refractivity contribution in [3.63, 3.8) is 0 Å². The van der Waals surface area contributed by atoms with Gasteiger partial charge in [-0.2, -0.15) is 5.10 Å². The van der Waals surface area contributed by atoms with Crippen LogP contribution in [0.2, 0.25) is 0 Å². The Labute approximate surface area is 130 Å². The van der Waals surface area contributed by atoms with E-state index in [4.69, 9.17) is 5.10 Å². The molecule has 2 aromatic heterocycles. The number of hydrogen-bond acceptors (Lipinski definition) is 2. The lowest BCUT2D eigenvalue weighted by Gasteiger charge is -2.00. The molecule has 2 aromatic carbocycles. The van der Waals surface area contributed by atoms with Crippen LogP contribution < -0.4 is 0 Å². The lowest BCUT2D eigenvalue weighted by molar-refractivity contribution is 0.938. The molecule has 0 spiro atoms. The number of aromatic nitrogens is 3. The molecule has 0 unspecified atom stereocenters. The number of fused-ring (bicyclic) bond motifs is 3. The van der Waals surface area contributed by atoms with Crippen LogP contribution >= 0.6 is 15.9 Å². The molecule has 0 aliphatic rings. The molecule has 2 heterocycles. The molecule has 0 aliphatic heterocycles. The third kappa shape index (κ3) is 1.94. The molecule has 3 nitrogen and oxygen atoms in total. The Kier molecular flexibility index (Phi) is 2.79. The molecular formula is C17H12BrN3. The van der Waals surface area contributed by atoms with Crippen molar-refractivity contribution in [2.45, 2.75) is 6.92 Å². The van der Waals surface area contributed by atoms with E-state index in [1.54, 1.807) is 6.33 Å². The second kappa shape index (κ2) is 4.67. The third-order valence-corrected chi connectivity index (χ3v) is 4.26. The van der Waals surface area contributed by atoms with Gasteiger partial charge in [-0.1, -0.05) is 46.3 Å². The van der Waals surface area contributed by atoms with Gasteiger partial charge in [-0.05, 0) is 25.1 Å². The summed E-state index contributed by atoms with van der Waals surface area (Å²) < 4.78 is 2.94. The number of para-hydroxylation sites is 1. The van der Waals surface area contributed by atoms with Crippen LogP contribution in [-0.2, 0) is 0 Å². The van der Waals surface area contributed by atoms with E-state index in [9.17, 15) is 0 Å². The first kappa shape index (κ1) is 12.5. The van der Waals surface area contributed by atoms with Gasteiger partial charge in [0.05, 0.1) is 16.7 Å². The minimum Gasteiger partial charge on any atom is -0.236 e. The van der Waals surface area contributed by atoms with Crippen LogP contribution in [0.5, 0.6) is 0 Å². The van der Waals surface area contributed by atoms with E-state index >= 15 is 0 Å². The summed E-state index contributed by atoms with van der Waals surface area (Å²) in [6.45, 7) is 2.12. The Morgan fingerprint density at radius 2 is 1.76 bits per heavy atom. The molecule has 0 saturated carbocycles. The van der Waals surface area contributed by atoms with Crippen LogP contribution in [0, 0.1) is 6.92 Å². The molecule has 21 heavy (non-hydrogen) atoms. The van der Waals surface area contributed by atoms with E-state index in [1.807, 2.05) is 34.8 Å². The monoisotopic (exact) mass is 337 g/mol. The average molecular weight is 338 g/mol. The summed E-state index contributed by atoms with van der Waals surface area (Å²) in [7, 11) is 0. The van der Waals surface area contributed by atoms with Crippen molar-refractivity contribution in [2.75, 3.05) is 0 Å². The summed E-state index contributed by atoms with van der Waals surface area (Å²) in [5, 5.41) is 5.83. The highest BCUT2D eigenvalue weighted by Crippen LogP contribution is 2.29. The molecule has 0 bridgehead atoms. The first-order chi connectivity index (χ1) is 10.2. The van der Waals surface area contributed by atoms with Crippen LogP contribution in [0.15, 0.2) is 59.3 Å². The van der Waals surface area contributed by atoms with Gasteiger partial charge in [0.15, 0.2) is 0 Å². The van der Waals surface area contributed by atoms with E-state index in [0.717, 1.165) is 32.1 Å². The normalized spacial score (nSPS) is 11.3. The van der Waals surface area contributed by atoms with E-state index in [-0.39, 0.29) is 0 Å². The second-order valence-corrected chi connectivity index (χ2v) is 5.95. The van der Waals surface area contributed by atoms with Crippen molar-refractivity contribution < 1.29 is 0 Å². The molecule has 4 aromatic rings. The highest BCUT2D eigenvalue weighted by Gasteiger charge is 2.13. The number of aryl methyl sites for hydroxylation is 1. The predicted octanol–water partition coefficient (Wildman–Crippen LogP) is 4.62. The molecular weight excluding hydrogens is 326 g/mol. The summed E-state index contributed by atoms with van der Waals surface area (Å²) in [4.78, 5) is 4.46. The van der Waals surface area contributed by atoms with Crippen molar-refractivity contribution in [1.29, 1.82) is 0 Å². The van der Waals surface area contributed by atoms with Gasteiger partial charge in [-0.15, -0.1) is 0 Å². The zero-order valence-corrected chi connectivity index (χ0v) is 13.0.